The average molecular weight is 269 g/mol. The SMILES string of the molecule is Fc1cc(Cl)cc(CNC2CN3CCC2CC3)c1. The van der Waals surface area contributed by atoms with Gasteiger partial charge in [0.2, 0.25) is 0 Å². The average Bonchev–Trinajstić information content (AvgIpc) is 2.37. The molecule has 3 aliphatic rings. The molecule has 1 atom stereocenters. The lowest BCUT2D eigenvalue weighted by molar-refractivity contribution is 0.0720. The van der Waals surface area contributed by atoms with Crippen LogP contribution in [0.2, 0.25) is 5.02 Å². The van der Waals surface area contributed by atoms with Gasteiger partial charge in [0.15, 0.2) is 0 Å². The van der Waals surface area contributed by atoms with Crippen LogP contribution in [0.5, 0.6) is 0 Å². The van der Waals surface area contributed by atoms with Crippen LogP contribution in [0.1, 0.15) is 18.4 Å². The maximum atomic E-state index is 13.2. The molecule has 0 aromatic heterocycles. The third-order valence-electron chi connectivity index (χ3n) is 4.15. The van der Waals surface area contributed by atoms with Crippen molar-refractivity contribution in [3.63, 3.8) is 0 Å². The second kappa shape index (κ2) is 5.16. The van der Waals surface area contributed by atoms with Gasteiger partial charge >= 0.3 is 0 Å². The summed E-state index contributed by atoms with van der Waals surface area (Å²) >= 11 is 5.86. The van der Waals surface area contributed by atoms with Gasteiger partial charge in [0, 0.05) is 24.2 Å². The van der Waals surface area contributed by atoms with Crippen molar-refractivity contribution in [1.82, 2.24) is 10.2 Å². The van der Waals surface area contributed by atoms with Crippen molar-refractivity contribution in [2.75, 3.05) is 19.6 Å². The Hall–Kier alpha value is -0.640. The van der Waals surface area contributed by atoms with Crippen LogP contribution in [0.15, 0.2) is 18.2 Å². The molecule has 1 aromatic carbocycles. The van der Waals surface area contributed by atoms with E-state index in [1.54, 1.807) is 6.07 Å². The second-order valence-corrected chi connectivity index (χ2v) is 5.84. The first kappa shape index (κ1) is 12.4. The molecule has 0 amide bonds. The molecule has 3 fully saturated rings. The van der Waals surface area contributed by atoms with E-state index in [1.807, 2.05) is 6.07 Å². The van der Waals surface area contributed by atoms with E-state index < -0.39 is 0 Å². The molecule has 2 nitrogen and oxygen atoms in total. The molecule has 0 spiro atoms. The van der Waals surface area contributed by atoms with Crippen molar-refractivity contribution in [3.8, 4) is 0 Å². The van der Waals surface area contributed by atoms with E-state index in [4.69, 9.17) is 11.6 Å². The van der Waals surface area contributed by atoms with Crippen molar-refractivity contribution in [2.45, 2.75) is 25.4 Å². The first-order valence-electron chi connectivity index (χ1n) is 6.61. The Balaban J connectivity index is 1.61. The van der Waals surface area contributed by atoms with Gasteiger partial charge in [0.05, 0.1) is 0 Å². The van der Waals surface area contributed by atoms with Crippen LogP contribution in [0.3, 0.4) is 0 Å². The largest absolute Gasteiger partial charge is 0.308 e. The van der Waals surface area contributed by atoms with Crippen molar-refractivity contribution in [3.05, 3.63) is 34.6 Å². The van der Waals surface area contributed by atoms with Crippen LogP contribution >= 0.6 is 11.6 Å². The highest BCUT2D eigenvalue weighted by atomic mass is 35.5. The molecule has 3 saturated heterocycles. The second-order valence-electron chi connectivity index (χ2n) is 5.40. The summed E-state index contributed by atoms with van der Waals surface area (Å²) in [4.78, 5) is 2.51. The maximum absolute atomic E-state index is 13.2. The summed E-state index contributed by atoms with van der Waals surface area (Å²) in [5.41, 5.74) is 0.927. The molecule has 1 aromatic rings. The number of nitrogens with one attached hydrogen (secondary N) is 1. The number of piperidine rings is 3. The minimum absolute atomic E-state index is 0.256. The fourth-order valence-corrected chi connectivity index (χ4v) is 3.40. The van der Waals surface area contributed by atoms with Crippen LogP contribution in [-0.2, 0) is 6.54 Å². The lowest BCUT2D eigenvalue weighted by Crippen LogP contribution is -2.55. The summed E-state index contributed by atoms with van der Waals surface area (Å²) in [5, 5.41) is 4.03. The van der Waals surface area contributed by atoms with Gasteiger partial charge in [-0.1, -0.05) is 11.6 Å². The van der Waals surface area contributed by atoms with E-state index in [2.05, 4.69) is 10.2 Å². The molecule has 4 heteroatoms. The number of nitrogens with zero attached hydrogens (tertiary/aromatic N) is 1. The number of benzene rings is 1. The maximum Gasteiger partial charge on any atom is 0.125 e. The molecular weight excluding hydrogens is 251 g/mol. The number of halogens is 2. The first-order chi connectivity index (χ1) is 8.70. The van der Waals surface area contributed by atoms with Crippen LogP contribution in [0.25, 0.3) is 0 Å². The van der Waals surface area contributed by atoms with Gasteiger partial charge < -0.3 is 10.2 Å². The Morgan fingerprint density at radius 1 is 1.28 bits per heavy atom. The Morgan fingerprint density at radius 3 is 2.67 bits per heavy atom. The molecule has 4 rings (SSSR count). The van der Waals surface area contributed by atoms with E-state index in [0.29, 0.717) is 17.6 Å². The molecule has 0 radical (unpaired) electrons. The monoisotopic (exact) mass is 268 g/mol. The zero-order valence-corrected chi connectivity index (χ0v) is 11.1. The number of hydrogen-bond acceptors (Lipinski definition) is 2. The fourth-order valence-electron chi connectivity index (χ4n) is 3.16. The lowest BCUT2D eigenvalue weighted by Gasteiger charge is -2.45. The van der Waals surface area contributed by atoms with Crippen molar-refractivity contribution < 1.29 is 4.39 Å². The smallest absolute Gasteiger partial charge is 0.125 e. The highest BCUT2D eigenvalue weighted by molar-refractivity contribution is 6.30. The fraction of sp³-hybridized carbons (Fsp3) is 0.571. The molecule has 3 heterocycles. The summed E-state index contributed by atoms with van der Waals surface area (Å²) in [6.07, 6.45) is 2.59. The summed E-state index contributed by atoms with van der Waals surface area (Å²) < 4.78 is 13.2. The molecule has 0 aliphatic carbocycles. The van der Waals surface area contributed by atoms with Gasteiger partial charge in [-0.2, -0.15) is 0 Å². The quantitative estimate of drug-likeness (QED) is 0.907. The third kappa shape index (κ3) is 2.68. The van der Waals surface area contributed by atoms with E-state index in [9.17, 15) is 4.39 Å². The summed E-state index contributed by atoms with van der Waals surface area (Å²) in [7, 11) is 0. The van der Waals surface area contributed by atoms with Gasteiger partial charge in [0.25, 0.3) is 0 Å². The van der Waals surface area contributed by atoms with Crippen LogP contribution in [0.4, 0.5) is 4.39 Å². The Kier molecular flexibility index (Phi) is 3.55. The Bertz CT molecular complexity index is 410. The molecular formula is C14H18ClFN2. The van der Waals surface area contributed by atoms with Crippen molar-refractivity contribution in [2.24, 2.45) is 5.92 Å². The first-order valence-corrected chi connectivity index (χ1v) is 6.99. The van der Waals surface area contributed by atoms with E-state index in [0.717, 1.165) is 18.0 Å². The zero-order chi connectivity index (χ0) is 12.5. The van der Waals surface area contributed by atoms with Gasteiger partial charge in [-0.15, -0.1) is 0 Å². The zero-order valence-electron chi connectivity index (χ0n) is 10.3. The lowest BCUT2D eigenvalue weighted by atomic mass is 9.84. The van der Waals surface area contributed by atoms with Crippen LogP contribution < -0.4 is 5.32 Å². The van der Waals surface area contributed by atoms with Crippen molar-refractivity contribution in [1.29, 1.82) is 0 Å². The van der Waals surface area contributed by atoms with Gasteiger partial charge in [-0.05, 0) is 55.6 Å². The number of rotatable bonds is 3. The van der Waals surface area contributed by atoms with E-state index in [1.165, 1.54) is 32.0 Å². The molecule has 1 unspecified atom stereocenters. The van der Waals surface area contributed by atoms with Gasteiger partial charge in [-0.3, -0.25) is 0 Å². The summed E-state index contributed by atoms with van der Waals surface area (Å²) in [6.45, 7) is 4.32. The normalized spacial score (nSPS) is 30.7. The van der Waals surface area contributed by atoms with Gasteiger partial charge in [0.1, 0.15) is 5.82 Å². The molecule has 0 saturated carbocycles. The summed E-state index contributed by atoms with van der Waals surface area (Å²) in [5.74, 6) is 0.534. The van der Waals surface area contributed by atoms with Crippen molar-refractivity contribution >= 4 is 11.6 Å². The highest BCUT2D eigenvalue weighted by Crippen LogP contribution is 2.27. The molecule has 98 valence electrons. The topological polar surface area (TPSA) is 15.3 Å². The van der Waals surface area contributed by atoms with Crippen LogP contribution in [-0.4, -0.2) is 30.6 Å². The van der Waals surface area contributed by atoms with E-state index in [-0.39, 0.29) is 5.82 Å². The number of hydrogen-bond donors (Lipinski definition) is 1. The predicted octanol–water partition coefficient (Wildman–Crippen LogP) is 2.66. The molecule has 2 bridgehead atoms. The minimum atomic E-state index is -0.256. The molecule has 18 heavy (non-hydrogen) atoms. The van der Waals surface area contributed by atoms with Crippen LogP contribution in [0, 0.1) is 11.7 Å². The standard InChI is InChI=1S/C14H18ClFN2/c15-12-5-10(6-13(16)7-12)8-17-14-9-18-3-1-11(14)2-4-18/h5-7,11,14,17H,1-4,8-9H2. The predicted molar refractivity (Wildman–Crippen MR) is 71.2 cm³/mol. The van der Waals surface area contributed by atoms with E-state index >= 15 is 0 Å². The molecule has 3 aliphatic heterocycles. The minimum Gasteiger partial charge on any atom is -0.308 e. The summed E-state index contributed by atoms with van der Waals surface area (Å²) in [6, 6.07) is 5.29. The van der Waals surface area contributed by atoms with Gasteiger partial charge in [-0.25, -0.2) is 4.39 Å². The highest BCUT2D eigenvalue weighted by Gasteiger charge is 2.33. The Morgan fingerprint density at radius 2 is 2.06 bits per heavy atom. The third-order valence-corrected chi connectivity index (χ3v) is 4.37. The Labute approximate surface area is 112 Å². The number of fused-ring (bicyclic) bond motifs is 3. The molecule has 1 N–H and O–H groups in total.